The van der Waals surface area contributed by atoms with E-state index >= 15 is 0 Å². The number of piperidine rings is 1. The summed E-state index contributed by atoms with van der Waals surface area (Å²) in [6.07, 6.45) is 3.38. The zero-order chi connectivity index (χ0) is 23.5. The van der Waals surface area contributed by atoms with Crippen LogP contribution < -0.4 is 4.74 Å². The lowest BCUT2D eigenvalue weighted by atomic mass is 10.0. The number of ether oxygens (including phenoxy) is 2. The van der Waals surface area contributed by atoms with Gasteiger partial charge in [-0.2, -0.15) is 4.98 Å². The van der Waals surface area contributed by atoms with Crippen LogP contribution in [0.5, 0.6) is 5.88 Å². The van der Waals surface area contributed by atoms with Crippen LogP contribution in [0.15, 0.2) is 0 Å². The molecule has 0 aromatic carbocycles. The number of aromatic nitrogens is 2. The topological polar surface area (TPSA) is 88.1 Å². The van der Waals surface area contributed by atoms with Gasteiger partial charge in [-0.15, -0.1) is 11.3 Å². The van der Waals surface area contributed by atoms with E-state index < -0.39 is 0 Å². The second-order valence-electron chi connectivity index (χ2n) is 8.82. The SMILES string of the molecule is COCc1nc(OC)c2c(C)c(C(=O)N3CCN(CC(=O)N4CCCCC4C)CC3)sc2n1. The van der Waals surface area contributed by atoms with Gasteiger partial charge >= 0.3 is 0 Å². The third kappa shape index (κ3) is 4.97. The number of amides is 2. The Morgan fingerprint density at radius 1 is 1.09 bits per heavy atom. The molecule has 2 aromatic rings. The van der Waals surface area contributed by atoms with Crippen molar-refractivity contribution in [2.45, 2.75) is 45.8 Å². The molecule has 4 rings (SSSR count). The first kappa shape index (κ1) is 23.8. The van der Waals surface area contributed by atoms with E-state index in [1.807, 2.05) is 16.7 Å². The fourth-order valence-corrected chi connectivity index (χ4v) is 5.85. The quantitative estimate of drug-likeness (QED) is 0.634. The highest BCUT2D eigenvalue weighted by Crippen LogP contribution is 2.35. The van der Waals surface area contributed by atoms with Crippen LogP contribution in [0.4, 0.5) is 0 Å². The molecule has 9 nitrogen and oxygen atoms in total. The Balaban J connectivity index is 1.42. The van der Waals surface area contributed by atoms with E-state index in [2.05, 4.69) is 21.8 Å². The summed E-state index contributed by atoms with van der Waals surface area (Å²) >= 11 is 1.37. The summed E-state index contributed by atoms with van der Waals surface area (Å²) < 4.78 is 10.6. The van der Waals surface area contributed by atoms with Crippen molar-refractivity contribution in [3.63, 3.8) is 0 Å². The first-order valence-corrected chi connectivity index (χ1v) is 12.4. The number of rotatable bonds is 6. The zero-order valence-corrected chi connectivity index (χ0v) is 20.7. The number of aryl methyl sites for hydroxylation is 1. The summed E-state index contributed by atoms with van der Waals surface area (Å²) in [5, 5.41) is 0.783. The first-order chi connectivity index (χ1) is 15.9. The summed E-state index contributed by atoms with van der Waals surface area (Å²) in [5.74, 6) is 1.21. The van der Waals surface area contributed by atoms with Gasteiger partial charge in [0, 0.05) is 45.9 Å². The van der Waals surface area contributed by atoms with Gasteiger partial charge < -0.3 is 19.3 Å². The molecule has 4 heterocycles. The predicted octanol–water partition coefficient (Wildman–Crippen LogP) is 2.31. The fourth-order valence-electron chi connectivity index (χ4n) is 4.69. The molecule has 2 aliphatic heterocycles. The molecule has 0 saturated carbocycles. The minimum Gasteiger partial charge on any atom is -0.480 e. The molecule has 0 bridgehead atoms. The molecular weight excluding hydrogens is 442 g/mol. The van der Waals surface area contributed by atoms with Crippen LogP contribution in [0.25, 0.3) is 10.2 Å². The van der Waals surface area contributed by atoms with Crippen LogP contribution in [0.1, 0.15) is 47.2 Å². The molecule has 2 aliphatic rings. The number of carbonyl (C=O) groups is 2. The molecule has 0 aliphatic carbocycles. The molecule has 1 atom stereocenters. The Bertz CT molecular complexity index is 1020. The predicted molar refractivity (Wildman–Crippen MR) is 127 cm³/mol. The van der Waals surface area contributed by atoms with Crippen LogP contribution in [-0.2, 0) is 16.1 Å². The van der Waals surface area contributed by atoms with E-state index in [4.69, 9.17) is 9.47 Å². The number of fused-ring (bicyclic) bond motifs is 1. The highest BCUT2D eigenvalue weighted by molar-refractivity contribution is 7.20. The van der Waals surface area contributed by atoms with E-state index in [1.165, 1.54) is 17.8 Å². The monoisotopic (exact) mass is 475 g/mol. The Morgan fingerprint density at radius 3 is 2.52 bits per heavy atom. The number of piperazine rings is 1. The molecule has 2 fully saturated rings. The maximum Gasteiger partial charge on any atom is 0.264 e. The minimum absolute atomic E-state index is 0.00136. The molecule has 0 spiro atoms. The van der Waals surface area contributed by atoms with Gasteiger partial charge in [0.2, 0.25) is 11.8 Å². The molecule has 2 amide bonds. The number of thiophene rings is 1. The average Bonchev–Trinajstić information content (AvgIpc) is 3.15. The molecule has 0 N–H and O–H groups in total. The van der Waals surface area contributed by atoms with Gasteiger partial charge in [-0.05, 0) is 38.7 Å². The number of hydrogen-bond acceptors (Lipinski definition) is 8. The lowest BCUT2D eigenvalue weighted by molar-refractivity contribution is -0.136. The van der Waals surface area contributed by atoms with Crippen LogP contribution in [0.2, 0.25) is 0 Å². The standard InChI is InChI=1S/C23H33N5O4S/c1-15-7-5-6-8-28(15)18(29)13-26-9-11-27(12-10-26)23(30)20-16(2)19-21(32-4)24-17(14-31-3)25-22(19)33-20/h15H,5-14H2,1-4H3. The normalized spacial score (nSPS) is 19.8. The number of carbonyl (C=O) groups excluding carboxylic acids is 2. The fraction of sp³-hybridized carbons (Fsp3) is 0.652. The Hall–Kier alpha value is -2.30. The van der Waals surface area contributed by atoms with E-state index in [-0.39, 0.29) is 18.4 Å². The number of nitrogens with zero attached hydrogens (tertiary/aromatic N) is 5. The van der Waals surface area contributed by atoms with Crippen molar-refractivity contribution in [2.24, 2.45) is 0 Å². The van der Waals surface area contributed by atoms with Gasteiger partial charge in [0.15, 0.2) is 5.82 Å². The van der Waals surface area contributed by atoms with Gasteiger partial charge in [-0.25, -0.2) is 4.98 Å². The van der Waals surface area contributed by atoms with Crippen molar-refractivity contribution in [3.05, 3.63) is 16.3 Å². The van der Waals surface area contributed by atoms with Crippen molar-refractivity contribution in [2.75, 3.05) is 53.5 Å². The molecular formula is C23H33N5O4S. The highest BCUT2D eigenvalue weighted by atomic mass is 32.1. The van der Waals surface area contributed by atoms with Crippen LogP contribution >= 0.6 is 11.3 Å². The van der Waals surface area contributed by atoms with Crippen LogP contribution in [-0.4, -0.2) is 96.0 Å². The molecule has 180 valence electrons. The molecule has 1 unspecified atom stereocenters. The third-order valence-corrected chi connectivity index (χ3v) is 7.78. The van der Waals surface area contributed by atoms with Crippen molar-refractivity contribution < 1.29 is 19.1 Å². The summed E-state index contributed by atoms with van der Waals surface area (Å²) in [5.41, 5.74) is 0.845. The lowest BCUT2D eigenvalue weighted by Crippen LogP contribution is -2.53. The molecule has 33 heavy (non-hydrogen) atoms. The van der Waals surface area contributed by atoms with E-state index in [0.29, 0.717) is 55.3 Å². The van der Waals surface area contributed by atoms with Gasteiger partial charge in [0.25, 0.3) is 5.91 Å². The van der Waals surface area contributed by atoms with Gasteiger partial charge in [0.1, 0.15) is 11.4 Å². The summed E-state index contributed by atoms with van der Waals surface area (Å²) in [6.45, 7) is 8.24. The van der Waals surface area contributed by atoms with Gasteiger partial charge in [0.05, 0.1) is 23.9 Å². The molecule has 10 heteroatoms. The second kappa shape index (κ2) is 10.3. The van der Waals surface area contributed by atoms with E-state index in [9.17, 15) is 9.59 Å². The van der Waals surface area contributed by atoms with Crippen molar-refractivity contribution >= 4 is 33.4 Å². The minimum atomic E-state index is 0.00136. The molecule has 2 aromatic heterocycles. The molecule has 0 radical (unpaired) electrons. The number of hydrogen-bond donors (Lipinski definition) is 0. The Labute approximate surface area is 198 Å². The van der Waals surface area contributed by atoms with Gasteiger partial charge in [-0.3, -0.25) is 14.5 Å². The summed E-state index contributed by atoms with van der Waals surface area (Å²) in [4.78, 5) is 42.5. The Kier molecular flexibility index (Phi) is 7.45. The summed E-state index contributed by atoms with van der Waals surface area (Å²) in [6, 6.07) is 0.328. The smallest absolute Gasteiger partial charge is 0.264 e. The highest BCUT2D eigenvalue weighted by Gasteiger charge is 2.29. The van der Waals surface area contributed by atoms with E-state index in [1.54, 1.807) is 14.2 Å². The van der Waals surface area contributed by atoms with Gasteiger partial charge in [-0.1, -0.05) is 0 Å². The second-order valence-corrected chi connectivity index (χ2v) is 9.82. The number of methoxy groups -OCH3 is 2. The number of likely N-dealkylation sites (tertiary alicyclic amines) is 1. The largest absolute Gasteiger partial charge is 0.480 e. The Morgan fingerprint density at radius 2 is 1.85 bits per heavy atom. The third-order valence-electron chi connectivity index (χ3n) is 6.61. The van der Waals surface area contributed by atoms with Crippen molar-refractivity contribution in [3.8, 4) is 5.88 Å². The molecule has 2 saturated heterocycles. The van der Waals surface area contributed by atoms with Crippen LogP contribution in [0.3, 0.4) is 0 Å². The maximum absolute atomic E-state index is 13.3. The van der Waals surface area contributed by atoms with Crippen LogP contribution in [0, 0.1) is 6.92 Å². The summed E-state index contributed by atoms with van der Waals surface area (Å²) in [7, 11) is 3.16. The first-order valence-electron chi connectivity index (χ1n) is 11.6. The average molecular weight is 476 g/mol. The van der Waals surface area contributed by atoms with Crippen molar-refractivity contribution in [1.29, 1.82) is 0 Å². The lowest BCUT2D eigenvalue weighted by Gasteiger charge is -2.38. The zero-order valence-electron chi connectivity index (χ0n) is 19.9. The van der Waals surface area contributed by atoms with E-state index in [0.717, 1.165) is 35.2 Å². The maximum atomic E-state index is 13.3. The van der Waals surface area contributed by atoms with Crippen molar-refractivity contribution in [1.82, 2.24) is 24.7 Å².